The molecule has 0 saturated carbocycles. The molecule has 0 fully saturated rings. The molecule has 2 rings (SSSR count). The summed E-state index contributed by atoms with van der Waals surface area (Å²) < 4.78 is 6.19. The molecule has 0 aliphatic carbocycles. The number of hydrazone groups is 1. The highest BCUT2D eigenvalue weighted by Crippen LogP contribution is 2.17. The van der Waals surface area contributed by atoms with Gasteiger partial charge in [0.05, 0.1) is 6.21 Å². The van der Waals surface area contributed by atoms with E-state index in [2.05, 4.69) is 26.5 Å². The van der Waals surface area contributed by atoms with Crippen molar-refractivity contribution in [3.63, 3.8) is 0 Å². The molecule has 0 saturated heterocycles. The first-order chi connectivity index (χ1) is 9.06. The first kappa shape index (κ1) is 13.5. The molecule has 0 atom stereocenters. The molecule has 4 nitrogen and oxygen atoms in total. The lowest BCUT2D eigenvalue weighted by atomic mass is 10.1. The Hall–Kier alpha value is -1.88. The Balaban J connectivity index is 2.01. The summed E-state index contributed by atoms with van der Waals surface area (Å²) in [6.45, 7) is 3.81. The van der Waals surface area contributed by atoms with Crippen molar-refractivity contribution in [3.05, 3.63) is 57.5 Å². The van der Waals surface area contributed by atoms with Gasteiger partial charge in [-0.05, 0) is 43.7 Å². The topological polar surface area (TPSA) is 54.6 Å². The Labute approximate surface area is 119 Å². The highest BCUT2D eigenvalue weighted by atomic mass is 79.9. The zero-order valence-electron chi connectivity index (χ0n) is 10.6. The summed E-state index contributed by atoms with van der Waals surface area (Å²) in [6.07, 6.45) is 1.47. The minimum absolute atomic E-state index is 0.264. The molecular formula is C14H13BrN2O2. The summed E-state index contributed by atoms with van der Waals surface area (Å²) in [4.78, 5) is 11.8. The summed E-state index contributed by atoms with van der Waals surface area (Å²) in [6, 6.07) is 9.01. The summed E-state index contributed by atoms with van der Waals surface area (Å²) in [7, 11) is 0. The first-order valence-corrected chi connectivity index (χ1v) is 6.51. The van der Waals surface area contributed by atoms with Crippen molar-refractivity contribution in [2.24, 2.45) is 5.10 Å². The summed E-state index contributed by atoms with van der Waals surface area (Å²) >= 11 is 3.39. The average Bonchev–Trinajstić information content (AvgIpc) is 2.78. The number of nitrogens with one attached hydrogen (secondary N) is 1. The van der Waals surface area contributed by atoms with Gasteiger partial charge < -0.3 is 4.42 Å². The van der Waals surface area contributed by atoms with Gasteiger partial charge in [-0.1, -0.05) is 22.0 Å². The third kappa shape index (κ3) is 3.54. The standard InChI is InChI=1S/C14H13BrN2O2/c1-9-3-5-11(7-13(9)15)14(18)17-16-8-12-6-4-10(2)19-12/h3-8H,1-2H3,(H,17,18)/b16-8+. The van der Waals surface area contributed by atoms with Gasteiger partial charge in [0, 0.05) is 10.0 Å². The van der Waals surface area contributed by atoms with Crippen LogP contribution in [0.5, 0.6) is 0 Å². The van der Waals surface area contributed by atoms with E-state index in [4.69, 9.17) is 4.42 Å². The van der Waals surface area contributed by atoms with E-state index in [0.29, 0.717) is 11.3 Å². The fraction of sp³-hybridized carbons (Fsp3) is 0.143. The zero-order chi connectivity index (χ0) is 13.8. The number of amides is 1. The van der Waals surface area contributed by atoms with Crippen LogP contribution in [0.4, 0.5) is 0 Å². The number of halogens is 1. The van der Waals surface area contributed by atoms with E-state index in [1.54, 1.807) is 18.2 Å². The van der Waals surface area contributed by atoms with Crippen LogP contribution in [-0.4, -0.2) is 12.1 Å². The van der Waals surface area contributed by atoms with E-state index in [9.17, 15) is 4.79 Å². The van der Waals surface area contributed by atoms with E-state index in [-0.39, 0.29) is 5.91 Å². The fourth-order valence-electron chi connectivity index (χ4n) is 1.48. The first-order valence-electron chi connectivity index (χ1n) is 5.72. The van der Waals surface area contributed by atoms with Crippen LogP contribution in [0, 0.1) is 13.8 Å². The van der Waals surface area contributed by atoms with Crippen LogP contribution in [0.1, 0.15) is 27.4 Å². The normalized spacial score (nSPS) is 10.9. The number of hydrogen-bond donors (Lipinski definition) is 1. The summed E-state index contributed by atoms with van der Waals surface area (Å²) in [5.74, 6) is 1.14. The van der Waals surface area contributed by atoms with Crippen LogP contribution in [0.3, 0.4) is 0 Å². The van der Waals surface area contributed by atoms with Gasteiger partial charge in [-0.15, -0.1) is 0 Å². The Morgan fingerprint density at radius 2 is 2.11 bits per heavy atom. The number of hydrogen-bond acceptors (Lipinski definition) is 3. The number of aryl methyl sites for hydroxylation is 2. The molecule has 0 bridgehead atoms. The minimum atomic E-state index is -0.264. The lowest BCUT2D eigenvalue weighted by Crippen LogP contribution is -2.17. The SMILES string of the molecule is Cc1ccc(/C=N/NC(=O)c2ccc(C)c(Br)c2)o1. The van der Waals surface area contributed by atoms with Crippen LogP contribution in [0.15, 0.2) is 44.3 Å². The van der Waals surface area contributed by atoms with Gasteiger partial charge in [0.1, 0.15) is 11.5 Å². The van der Waals surface area contributed by atoms with Crippen molar-refractivity contribution in [3.8, 4) is 0 Å². The number of carbonyl (C=O) groups is 1. The van der Waals surface area contributed by atoms with Crippen LogP contribution in [0.25, 0.3) is 0 Å². The maximum Gasteiger partial charge on any atom is 0.271 e. The number of benzene rings is 1. The van der Waals surface area contributed by atoms with Crippen molar-refractivity contribution in [2.75, 3.05) is 0 Å². The van der Waals surface area contributed by atoms with Crippen molar-refractivity contribution in [1.82, 2.24) is 5.43 Å². The maximum absolute atomic E-state index is 11.8. The molecule has 2 aromatic rings. The molecule has 1 amide bonds. The molecule has 1 aromatic heterocycles. The Morgan fingerprint density at radius 3 is 2.74 bits per heavy atom. The molecule has 19 heavy (non-hydrogen) atoms. The van der Waals surface area contributed by atoms with Gasteiger partial charge in [-0.25, -0.2) is 5.43 Å². The highest BCUT2D eigenvalue weighted by Gasteiger charge is 2.05. The molecular weight excluding hydrogens is 308 g/mol. The molecule has 98 valence electrons. The van der Waals surface area contributed by atoms with Gasteiger partial charge in [-0.2, -0.15) is 5.10 Å². The second kappa shape index (κ2) is 5.84. The molecule has 0 spiro atoms. The zero-order valence-corrected chi connectivity index (χ0v) is 12.2. The molecule has 0 radical (unpaired) electrons. The van der Waals surface area contributed by atoms with E-state index in [0.717, 1.165) is 15.8 Å². The lowest BCUT2D eigenvalue weighted by Gasteiger charge is -2.02. The molecule has 1 heterocycles. The van der Waals surface area contributed by atoms with E-state index < -0.39 is 0 Å². The number of furan rings is 1. The highest BCUT2D eigenvalue weighted by molar-refractivity contribution is 9.10. The molecule has 1 N–H and O–H groups in total. The largest absolute Gasteiger partial charge is 0.460 e. The fourth-order valence-corrected chi connectivity index (χ4v) is 1.85. The molecule has 5 heteroatoms. The minimum Gasteiger partial charge on any atom is -0.460 e. The van der Waals surface area contributed by atoms with Gasteiger partial charge >= 0.3 is 0 Å². The van der Waals surface area contributed by atoms with Crippen LogP contribution in [0.2, 0.25) is 0 Å². The predicted octanol–water partition coefficient (Wildman–Crippen LogP) is 3.42. The Bertz CT molecular complexity index is 632. The maximum atomic E-state index is 11.8. The second-order valence-corrected chi connectivity index (χ2v) is 4.97. The van der Waals surface area contributed by atoms with Crippen molar-refractivity contribution in [2.45, 2.75) is 13.8 Å². The molecule has 0 aliphatic rings. The van der Waals surface area contributed by atoms with Crippen molar-refractivity contribution < 1.29 is 9.21 Å². The second-order valence-electron chi connectivity index (χ2n) is 4.11. The quantitative estimate of drug-likeness (QED) is 0.696. The Kier molecular flexibility index (Phi) is 4.16. The van der Waals surface area contributed by atoms with Crippen LogP contribution < -0.4 is 5.43 Å². The van der Waals surface area contributed by atoms with E-state index in [1.165, 1.54) is 6.21 Å². The van der Waals surface area contributed by atoms with Gasteiger partial charge in [0.2, 0.25) is 0 Å². The smallest absolute Gasteiger partial charge is 0.271 e. The van der Waals surface area contributed by atoms with Gasteiger partial charge in [0.15, 0.2) is 0 Å². The van der Waals surface area contributed by atoms with Gasteiger partial charge in [-0.3, -0.25) is 4.79 Å². The van der Waals surface area contributed by atoms with Crippen molar-refractivity contribution in [1.29, 1.82) is 0 Å². The number of rotatable bonds is 3. The Morgan fingerprint density at radius 1 is 1.32 bits per heavy atom. The number of carbonyl (C=O) groups excluding carboxylic acids is 1. The van der Waals surface area contributed by atoms with Gasteiger partial charge in [0.25, 0.3) is 5.91 Å². The molecule has 0 aliphatic heterocycles. The van der Waals surface area contributed by atoms with Crippen LogP contribution >= 0.6 is 15.9 Å². The van der Waals surface area contributed by atoms with Crippen LogP contribution in [-0.2, 0) is 0 Å². The van der Waals surface area contributed by atoms with E-state index in [1.807, 2.05) is 26.0 Å². The average molecular weight is 321 g/mol. The third-order valence-electron chi connectivity index (χ3n) is 2.55. The van der Waals surface area contributed by atoms with E-state index >= 15 is 0 Å². The van der Waals surface area contributed by atoms with Crippen molar-refractivity contribution >= 4 is 28.1 Å². The summed E-state index contributed by atoms with van der Waals surface area (Å²) in [5.41, 5.74) is 4.07. The predicted molar refractivity (Wildman–Crippen MR) is 77.4 cm³/mol. The monoisotopic (exact) mass is 320 g/mol. The lowest BCUT2D eigenvalue weighted by molar-refractivity contribution is 0.0955. The summed E-state index contributed by atoms with van der Waals surface area (Å²) in [5, 5.41) is 3.85. The number of nitrogens with zero attached hydrogens (tertiary/aromatic N) is 1. The molecule has 0 unspecified atom stereocenters. The third-order valence-corrected chi connectivity index (χ3v) is 3.41. The molecule has 1 aromatic carbocycles.